The van der Waals surface area contributed by atoms with Crippen LogP contribution in [0.4, 0.5) is 4.79 Å². The van der Waals surface area contributed by atoms with Crippen LogP contribution in [0.1, 0.15) is 36.2 Å². The van der Waals surface area contributed by atoms with Crippen molar-refractivity contribution in [2.24, 2.45) is 0 Å². The topological polar surface area (TPSA) is 54.0 Å². The fourth-order valence-corrected chi connectivity index (χ4v) is 3.02. The third kappa shape index (κ3) is 5.68. The molecule has 3 rings (SSSR count). The molecule has 2 unspecified atom stereocenters. The zero-order valence-electron chi connectivity index (χ0n) is 15.5. The molecule has 1 aromatic heterocycles. The molecule has 2 aromatic carbocycles. The van der Waals surface area contributed by atoms with E-state index >= 15 is 0 Å². The van der Waals surface area contributed by atoms with Gasteiger partial charge in [-0.05, 0) is 43.0 Å². The van der Waals surface area contributed by atoms with E-state index in [1.54, 1.807) is 6.20 Å². The lowest BCUT2D eigenvalue weighted by molar-refractivity contribution is 0.234. The number of aromatic nitrogens is 1. The SMILES string of the molecule is CC(CCc1ccccc1)NC(=O)NC(c1ccccc1)c1ccccn1. The van der Waals surface area contributed by atoms with Gasteiger partial charge in [-0.25, -0.2) is 4.79 Å². The van der Waals surface area contributed by atoms with Crippen molar-refractivity contribution in [2.75, 3.05) is 0 Å². The molecule has 0 saturated carbocycles. The molecule has 0 aliphatic rings. The van der Waals surface area contributed by atoms with E-state index in [4.69, 9.17) is 0 Å². The second-order valence-electron chi connectivity index (χ2n) is 6.64. The third-order valence-electron chi connectivity index (χ3n) is 4.48. The quantitative estimate of drug-likeness (QED) is 0.653. The number of nitrogens with zero attached hydrogens (tertiary/aromatic N) is 1. The molecular weight excluding hydrogens is 334 g/mol. The first kappa shape index (κ1) is 18.6. The van der Waals surface area contributed by atoms with Crippen LogP contribution in [-0.4, -0.2) is 17.1 Å². The van der Waals surface area contributed by atoms with E-state index in [-0.39, 0.29) is 18.1 Å². The molecule has 4 heteroatoms. The maximum absolute atomic E-state index is 12.6. The van der Waals surface area contributed by atoms with Crippen LogP contribution < -0.4 is 10.6 Å². The van der Waals surface area contributed by atoms with Crippen LogP contribution in [0.15, 0.2) is 85.1 Å². The molecule has 0 aliphatic carbocycles. The van der Waals surface area contributed by atoms with Gasteiger partial charge in [0.05, 0.1) is 11.7 Å². The van der Waals surface area contributed by atoms with E-state index in [0.717, 1.165) is 24.1 Å². The number of benzene rings is 2. The van der Waals surface area contributed by atoms with E-state index in [1.165, 1.54) is 5.56 Å². The monoisotopic (exact) mass is 359 g/mol. The van der Waals surface area contributed by atoms with Crippen molar-refractivity contribution in [1.82, 2.24) is 15.6 Å². The number of amides is 2. The van der Waals surface area contributed by atoms with Crippen molar-refractivity contribution in [2.45, 2.75) is 31.8 Å². The second kappa shape index (κ2) is 9.53. The van der Waals surface area contributed by atoms with Gasteiger partial charge in [0.2, 0.25) is 0 Å². The summed E-state index contributed by atoms with van der Waals surface area (Å²) < 4.78 is 0. The Morgan fingerprint density at radius 1 is 0.889 bits per heavy atom. The Bertz CT molecular complexity index is 783. The predicted molar refractivity (Wildman–Crippen MR) is 108 cm³/mol. The van der Waals surface area contributed by atoms with Crippen LogP contribution in [0.25, 0.3) is 0 Å². The average molecular weight is 359 g/mol. The molecule has 0 bridgehead atoms. The van der Waals surface area contributed by atoms with Crippen molar-refractivity contribution in [1.29, 1.82) is 0 Å². The molecule has 3 aromatic rings. The van der Waals surface area contributed by atoms with E-state index in [0.29, 0.717) is 0 Å². The molecule has 0 fully saturated rings. The number of carbonyl (C=O) groups is 1. The van der Waals surface area contributed by atoms with Gasteiger partial charge in [0.15, 0.2) is 0 Å². The molecule has 138 valence electrons. The highest BCUT2D eigenvalue weighted by Crippen LogP contribution is 2.19. The van der Waals surface area contributed by atoms with Crippen molar-refractivity contribution in [3.8, 4) is 0 Å². The summed E-state index contributed by atoms with van der Waals surface area (Å²) in [5.41, 5.74) is 3.10. The van der Waals surface area contributed by atoms with Crippen molar-refractivity contribution in [3.05, 3.63) is 102 Å². The minimum absolute atomic E-state index is 0.0744. The first-order valence-corrected chi connectivity index (χ1v) is 9.29. The van der Waals surface area contributed by atoms with Gasteiger partial charge in [0.1, 0.15) is 0 Å². The maximum atomic E-state index is 12.6. The summed E-state index contributed by atoms with van der Waals surface area (Å²) in [6.07, 6.45) is 3.56. The number of urea groups is 1. The van der Waals surface area contributed by atoms with Crippen LogP contribution in [0.2, 0.25) is 0 Å². The van der Waals surface area contributed by atoms with Gasteiger partial charge in [-0.15, -0.1) is 0 Å². The third-order valence-corrected chi connectivity index (χ3v) is 4.48. The smallest absolute Gasteiger partial charge is 0.315 e. The van der Waals surface area contributed by atoms with Crippen molar-refractivity contribution in [3.63, 3.8) is 0 Å². The molecule has 0 spiro atoms. The van der Waals surface area contributed by atoms with E-state index in [9.17, 15) is 4.79 Å². The van der Waals surface area contributed by atoms with Crippen LogP contribution >= 0.6 is 0 Å². The van der Waals surface area contributed by atoms with E-state index < -0.39 is 0 Å². The molecule has 2 amide bonds. The first-order chi connectivity index (χ1) is 13.2. The Labute approximate surface area is 160 Å². The zero-order chi connectivity index (χ0) is 18.9. The highest BCUT2D eigenvalue weighted by molar-refractivity contribution is 5.75. The Hall–Kier alpha value is -3.14. The lowest BCUT2D eigenvalue weighted by Gasteiger charge is -2.21. The summed E-state index contributed by atoms with van der Waals surface area (Å²) in [6, 6.07) is 25.5. The van der Waals surface area contributed by atoms with Crippen LogP contribution in [-0.2, 0) is 6.42 Å². The van der Waals surface area contributed by atoms with Gasteiger partial charge < -0.3 is 10.6 Å². The van der Waals surface area contributed by atoms with Crippen LogP contribution in [0.5, 0.6) is 0 Å². The number of carbonyl (C=O) groups excluding carboxylic acids is 1. The summed E-state index contributed by atoms with van der Waals surface area (Å²) in [5.74, 6) is 0. The number of rotatable bonds is 7. The molecule has 4 nitrogen and oxygen atoms in total. The summed E-state index contributed by atoms with van der Waals surface area (Å²) in [4.78, 5) is 17.0. The second-order valence-corrected chi connectivity index (χ2v) is 6.64. The molecule has 1 heterocycles. The van der Waals surface area contributed by atoms with Gasteiger partial charge in [0.25, 0.3) is 0 Å². The van der Waals surface area contributed by atoms with Gasteiger partial charge in [0, 0.05) is 12.2 Å². The fraction of sp³-hybridized carbons (Fsp3) is 0.217. The normalized spacial score (nSPS) is 12.8. The van der Waals surface area contributed by atoms with Crippen molar-refractivity contribution >= 4 is 6.03 Å². The molecule has 0 radical (unpaired) electrons. The number of hydrogen-bond acceptors (Lipinski definition) is 2. The largest absolute Gasteiger partial charge is 0.336 e. The fourth-order valence-electron chi connectivity index (χ4n) is 3.02. The molecule has 27 heavy (non-hydrogen) atoms. The Morgan fingerprint density at radius 2 is 1.56 bits per heavy atom. The minimum atomic E-state index is -0.284. The molecular formula is C23H25N3O. The summed E-state index contributed by atoms with van der Waals surface area (Å²) in [5, 5.41) is 6.11. The van der Waals surface area contributed by atoms with Gasteiger partial charge in [-0.1, -0.05) is 66.7 Å². The predicted octanol–water partition coefficient (Wildman–Crippen LogP) is 4.49. The summed E-state index contributed by atoms with van der Waals surface area (Å²) in [7, 11) is 0. The molecule has 0 aliphatic heterocycles. The summed E-state index contributed by atoms with van der Waals surface area (Å²) >= 11 is 0. The average Bonchev–Trinajstić information content (AvgIpc) is 2.72. The highest BCUT2D eigenvalue weighted by Gasteiger charge is 2.18. The first-order valence-electron chi connectivity index (χ1n) is 9.29. The van der Waals surface area contributed by atoms with E-state index in [1.807, 2.05) is 73.7 Å². The Balaban J connectivity index is 1.61. The summed E-state index contributed by atoms with van der Waals surface area (Å²) in [6.45, 7) is 2.03. The standard InChI is InChI=1S/C23H25N3O/c1-18(15-16-19-10-4-2-5-11-19)25-23(27)26-22(20-12-6-3-7-13-20)21-14-8-9-17-24-21/h2-14,17-18,22H,15-16H2,1H3,(H2,25,26,27). The Kier molecular flexibility index (Phi) is 6.58. The van der Waals surface area contributed by atoms with Crippen LogP contribution in [0, 0.1) is 0 Å². The van der Waals surface area contributed by atoms with Crippen molar-refractivity contribution < 1.29 is 4.79 Å². The number of hydrogen-bond donors (Lipinski definition) is 2. The minimum Gasteiger partial charge on any atom is -0.336 e. The molecule has 0 saturated heterocycles. The van der Waals surface area contributed by atoms with Crippen LogP contribution in [0.3, 0.4) is 0 Å². The van der Waals surface area contributed by atoms with Gasteiger partial charge in [-0.3, -0.25) is 4.98 Å². The zero-order valence-corrected chi connectivity index (χ0v) is 15.5. The van der Waals surface area contributed by atoms with Gasteiger partial charge in [-0.2, -0.15) is 0 Å². The number of aryl methyl sites for hydroxylation is 1. The lowest BCUT2D eigenvalue weighted by atomic mass is 10.0. The van der Waals surface area contributed by atoms with Gasteiger partial charge >= 0.3 is 6.03 Å². The van der Waals surface area contributed by atoms with E-state index in [2.05, 4.69) is 27.8 Å². The number of nitrogens with one attached hydrogen (secondary N) is 2. The molecule has 2 atom stereocenters. The molecule has 2 N–H and O–H groups in total. The number of pyridine rings is 1. The highest BCUT2D eigenvalue weighted by atomic mass is 16.2. The lowest BCUT2D eigenvalue weighted by Crippen LogP contribution is -2.43. The Morgan fingerprint density at radius 3 is 2.22 bits per heavy atom. The maximum Gasteiger partial charge on any atom is 0.315 e.